The van der Waals surface area contributed by atoms with E-state index in [2.05, 4.69) is 6.92 Å². The van der Waals surface area contributed by atoms with Crippen LogP contribution in [0.1, 0.15) is 30.1 Å². The van der Waals surface area contributed by atoms with Crippen LogP contribution in [0.15, 0.2) is 12.1 Å². The van der Waals surface area contributed by atoms with Gasteiger partial charge < -0.3 is 20.9 Å². The van der Waals surface area contributed by atoms with Gasteiger partial charge in [0.15, 0.2) is 5.75 Å². The van der Waals surface area contributed by atoms with E-state index in [4.69, 9.17) is 32.5 Å². The minimum atomic E-state index is -0.629. The van der Waals surface area contributed by atoms with Crippen molar-refractivity contribution >= 4 is 23.2 Å². The van der Waals surface area contributed by atoms with Crippen molar-refractivity contribution in [1.29, 1.82) is 0 Å². The third kappa shape index (κ3) is 4.96. The molecule has 6 heteroatoms. The minimum Gasteiger partial charge on any atom is -0.489 e. The molecule has 19 heavy (non-hydrogen) atoms. The van der Waals surface area contributed by atoms with E-state index < -0.39 is 5.91 Å². The largest absolute Gasteiger partial charge is 0.489 e. The highest BCUT2D eigenvalue weighted by Crippen LogP contribution is 2.31. The molecule has 0 heterocycles. The molecule has 0 saturated carbocycles. The maximum absolute atomic E-state index is 11.3. The second-order valence-corrected chi connectivity index (χ2v) is 4.47. The maximum atomic E-state index is 11.3. The summed E-state index contributed by atoms with van der Waals surface area (Å²) in [5.41, 5.74) is 11.4. The summed E-state index contributed by atoms with van der Waals surface area (Å²) < 4.78 is 10.8. The second kappa shape index (κ2) is 7.86. The minimum absolute atomic E-state index is 0.179. The van der Waals surface area contributed by atoms with Gasteiger partial charge in [0.25, 0.3) is 5.91 Å². The van der Waals surface area contributed by atoms with Crippen LogP contribution < -0.4 is 16.2 Å². The van der Waals surface area contributed by atoms with E-state index in [-0.39, 0.29) is 16.3 Å². The molecular formula is C13H19ClN2O3. The molecule has 0 aliphatic heterocycles. The summed E-state index contributed by atoms with van der Waals surface area (Å²) in [6, 6.07) is 2.96. The van der Waals surface area contributed by atoms with Gasteiger partial charge in [0.05, 0.1) is 17.2 Å². The Kier molecular flexibility index (Phi) is 6.45. The SMILES string of the molecule is CCCCOCCOc1c(Cl)cc(N)cc1C(N)=O. The highest BCUT2D eigenvalue weighted by Gasteiger charge is 2.14. The van der Waals surface area contributed by atoms with Crippen LogP contribution in [-0.2, 0) is 4.74 Å². The fourth-order valence-corrected chi connectivity index (χ4v) is 1.78. The first-order valence-corrected chi connectivity index (χ1v) is 6.53. The molecule has 1 aromatic carbocycles. The van der Waals surface area contributed by atoms with Crippen molar-refractivity contribution in [3.63, 3.8) is 0 Å². The molecule has 106 valence electrons. The van der Waals surface area contributed by atoms with E-state index in [1.165, 1.54) is 12.1 Å². The Balaban J connectivity index is 2.59. The highest BCUT2D eigenvalue weighted by atomic mass is 35.5. The van der Waals surface area contributed by atoms with E-state index in [0.717, 1.165) is 12.8 Å². The second-order valence-electron chi connectivity index (χ2n) is 4.06. The first kappa shape index (κ1) is 15.6. The number of hydrogen-bond donors (Lipinski definition) is 2. The molecule has 0 saturated heterocycles. The number of unbranched alkanes of at least 4 members (excludes halogenated alkanes) is 1. The molecule has 0 aromatic heterocycles. The third-order valence-electron chi connectivity index (χ3n) is 2.45. The van der Waals surface area contributed by atoms with Crippen LogP contribution in [0, 0.1) is 0 Å². The van der Waals surface area contributed by atoms with Crippen molar-refractivity contribution in [2.75, 3.05) is 25.6 Å². The van der Waals surface area contributed by atoms with Gasteiger partial charge in [-0.1, -0.05) is 24.9 Å². The Morgan fingerprint density at radius 1 is 1.32 bits per heavy atom. The van der Waals surface area contributed by atoms with Gasteiger partial charge in [-0.15, -0.1) is 0 Å². The van der Waals surface area contributed by atoms with Gasteiger partial charge in [0.1, 0.15) is 6.61 Å². The fourth-order valence-electron chi connectivity index (χ4n) is 1.50. The molecule has 0 spiro atoms. The maximum Gasteiger partial charge on any atom is 0.252 e. The monoisotopic (exact) mass is 286 g/mol. The summed E-state index contributed by atoms with van der Waals surface area (Å²) in [6.07, 6.45) is 2.09. The molecule has 0 aliphatic rings. The van der Waals surface area contributed by atoms with Gasteiger partial charge in [-0.3, -0.25) is 4.79 Å². The number of rotatable bonds is 8. The lowest BCUT2D eigenvalue weighted by molar-refractivity contribution is 0.0943. The first-order valence-electron chi connectivity index (χ1n) is 6.15. The zero-order valence-corrected chi connectivity index (χ0v) is 11.7. The topological polar surface area (TPSA) is 87.6 Å². The van der Waals surface area contributed by atoms with Crippen LogP contribution in [0.2, 0.25) is 5.02 Å². The van der Waals surface area contributed by atoms with Crippen molar-refractivity contribution < 1.29 is 14.3 Å². The zero-order chi connectivity index (χ0) is 14.3. The average Bonchev–Trinajstić information content (AvgIpc) is 2.34. The lowest BCUT2D eigenvalue weighted by atomic mass is 10.1. The van der Waals surface area contributed by atoms with Crippen molar-refractivity contribution in [3.8, 4) is 5.75 Å². The number of hydrogen-bond acceptors (Lipinski definition) is 4. The van der Waals surface area contributed by atoms with Crippen LogP contribution >= 0.6 is 11.6 Å². The van der Waals surface area contributed by atoms with Gasteiger partial charge in [0.2, 0.25) is 0 Å². The smallest absolute Gasteiger partial charge is 0.252 e. The molecule has 1 amide bonds. The molecule has 1 rings (SSSR count). The Morgan fingerprint density at radius 3 is 2.68 bits per heavy atom. The number of halogens is 1. The number of carbonyl (C=O) groups excluding carboxylic acids is 1. The van der Waals surface area contributed by atoms with E-state index in [0.29, 0.717) is 25.5 Å². The number of nitrogens with two attached hydrogens (primary N) is 2. The number of primary amides is 1. The molecule has 0 aliphatic carbocycles. The van der Waals surface area contributed by atoms with Gasteiger partial charge in [-0.25, -0.2) is 0 Å². The van der Waals surface area contributed by atoms with Crippen molar-refractivity contribution in [2.45, 2.75) is 19.8 Å². The average molecular weight is 287 g/mol. The number of ether oxygens (including phenoxy) is 2. The lowest BCUT2D eigenvalue weighted by Crippen LogP contribution is -2.15. The summed E-state index contributed by atoms with van der Waals surface area (Å²) in [5.74, 6) is -0.376. The predicted molar refractivity (Wildman–Crippen MR) is 75.6 cm³/mol. The Bertz CT molecular complexity index is 438. The Morgan fingerprint density at radius 2 is 2.05 bits per heavy atom. The molecule has 0 unspecified atom stereocenters. The molecule has 5 nitrogen and oxygen atoms in total. The van der Waals surface area contributed by atoms with Crippen LogP contribution in [0.25, 0.3) is 0 Å². The van der Waals surface area contributed by atoms with Gasteiger partial charge in [0, 0.05) is 12.3 Å². The van der Waals surface area contributed by atoms with Gasteiger partial charge in [-0.05, 0) is 18.6 Å². The standard InChI is InChI=1S/C13H19ClN2O3/c1-2-3-4-18-5-6-19-12-10(13(16)17)7-9(15)8-11(12)14/h7-8H,2-6,15H2,1H3,(H2,16,17). The quantitative estimate of drug-likeness (QED) is 0.566. The molecule has 0 bridgehead atoms. The molecule has 0 fully saturated rings. The summed E-state index contributed by atoms with van der Waals surface area (Å²) in [4.78, 5) is 11.3. The normalized spacial score (nSPS) is 10.4. The molecule has 0 radical (unpaired) electrons. The van der Waals surface area contributed by atoms with Crippen LogP contribution in [0.3, 0.4) is 0 Å². The van der Waals surface area contributed by atoms with E-state index >= 15 is 0 Å². The zero-order valence-electron chi connectivity index (χ0n) is 10.9. The van der Waals surface area contributed by atoms with E-state index in [9.17, 15) is 4.79 Å². The van der Waals surface area contributed by atoms with Gasteiger partial charge in [-0.2, -0.15) is 0 Å². The van der Waals surface area contributed by atoms with Crippen LogP contribution in [0.4, 0.5) is 5.69 Å². The summed E-state index contributed by atoms with van der Waals surface area (Å²) >= 11 is 5.99. The molecule has 1 aromatic rings. The number of benzene rings is 1. The predicted octanol–water partition coefficient (Wildman–Crippen LogP) is 2.22. The fraction of sp³-hybridized carbons (Fsp3) is 0.462. The third-order valence-corrected chi connectivity index (χ3v) is 2.73. The van der Waals surface area contributed by atoms with Crippen LogP contribution in [0.5, 0.6) is 5.75 Å². The lowest BCUT2D eigenvalue weighted by Gasteiger charge is -2.12. The summed E-state index contributed by atoms with van der Waals surface area (Å²) in [6.45, 7) is 3.51. The van der Waals surface area contributed by atoms with E-state index in [1.807, 2.05) is 0 Å². The Labute approximate surface area is 117 Å². The number of carbonyl (C=O) groups is 1. The molecule has 0 atom stereocenters. The number of amides is 1. The van der Waals surface area contributed by atoms with Crippen molar-refractivity contribution in [3.05, 3.63) is 22.7 Å². The van der Waals surface area contributed by atoms with E-state index in [1.54, 1.807) is 0 Å². The van der Waals surface area contributed by atoms with Crippen LogP contribution in [-0.4, -0.2) is 25.7 Å². The van der Waals surface area contributed by atoms with Gasteiger partial charge >= 0.3 is 0 Å². The van der Waals surface area contributed by atoms with Crippen molar-refractivity contribution in [2.24, 2.45) is 5.73 Å². The molecule has 4 N–H and O–H groups in total. The molecular weight excluding hydrogens is 268 g/mol. The highest BCUT2D eigenvalue weighted by molar-refractivity contribution is 6.33. The first-order chi connectivity index (χ1) is 9.06. The Hall–Kier alpha value is -1.46. The number of nitrogen functional groups attached to an aromatic ring is 1. The summed E-state index contributed by atoms with van der Waals surface area (Å²) in [7, 11) is 0. The summed E-state index contributed by atoms with van der Waals surface area (Å²) in [5, 5.41) is 0.266. The number of anilines is 1. The van der Waals surface area contributed by atoms with Crippen molar-refractivity contribution in [1.82, 2.24) is 0 Å².